The van der Waals surface area contributed by atoms with Crippen molar-refractivity contribution in [2.45, 2.75) is 6.92 Å². The monoisotopic (exact) mass is 342 g/mol. The topological polar surface area (TPSA) is 44.2 Å². The SMILES string of the molecule is CCOc1cccc(Oc2ncc(I)cn2)c1. The lowest BCUT2D eigenvalue weighted by Gasteiger charge is -2.06. The molecule has 0 fully saturated rings. The van der Waals surface area contributed by atoms with Crippen LogP contribution >= 0.6 is 22.6 Å². The third kappa shape index (κ3) is 3.55. The molecule has 0 bridgehead atoms. The first kappa shape index (κ1) is 12.1. The van der Waals surface area contributed by atoms with Crippen LogP contribution in [0.4, 0.5) is 0 Å². The third-order valence-corrected chi connectivity index (χ3v) is 2.48. The van der Waals surface area contributed by atoms with Crippen molar-refractivity contribution < 1.29 is 9.47 Å². The maximum Gasteiger partial charge on any atom is 0.321 e. The predicted molar refractivity (Wildman–Crippen MR) is 72.4 cm³/mol. The Bertz CT molecular complexity index is 488. The number of nitrogens with zero attached hydrogens (tertiary/aromatic N) is 2. The van der Waals surface area contributed by atoms with Gasteiger partial charge in [0, 0.05) is 22.0 Å². The molecule has 88 valence electrons. The molecule has 2 rings (SSSR count). The molecule has 0 radical (unpaired) electrons. The molecule has 1 aromatic carbocycles. The molecule has 0 saturated carbocycles. The predicted octanol–water partition coefficient (Wildman–Crippen LogP) is 3.27. The molecular formula is C12H11IN2O2. The van der Waals surface area contributed by atoms with Crippen molar-refractivity contribution in [3.8, 4) is 17.5 Å². The van der Waals surface area contributed by atoms with Crippen molar-refractivity contribution in [3.05, 3.63) is 40.2 Å². The van der Waals surface area contributed by atoms with Crippen molar-refractivity contribution in [1.29, 1.82) is 0 Å². The number of aromatic nitrogens is 2. The van der Waals surface area contributed by atoms with Gasteiger partial charge in [-0.05, 0) is 41.6 Å². The smallest absolute Gasteiger partial charge is 0.321 e. The number of halogens is 1. The van der Waals surface area contributed by atoms with Crippen molar-refractivity contribution in [2.75, 3.05) is 6.61 Å². The Balaban J connectivity index is 2.12. The summed E-state index contributed by atoms with van der Waals surface area (Å²) in [6.07, 6.45) is 3.41. The van der Waals surface area contributed by atoms with Gasteiger partial charge in [0.05, 0.1) is 6.61 Å². The van der Waals surface area contributed by atoms with E-state index < -0.39 is 0 Å². The van der Waals surface area contributed by atoms with Gasteiger partial charge in [-0.1, -0.05) is 6.07 Å². The van der Waals surface area contributed by atoms with Crippen LogP contribution in [-0.2, 0) is 0 Å². The zero-order chi connectivity index (χ0) is 12.1. The van der Waals surface area contributed by atoms with E-state index in [-0.39, 0.29) is 0 Å². The second-order valence-electron chi connectivity index (χ2n) is 3.19. The molecule has 1 aromatic heterocycles. The fourth-order valence-electron chi connectivity index (χ4n) is 1.25. The van der Waals surface area contributed by atoms with Gasteiger partial charge in [0.15, 0.2) is 0 Å². The van der Waals surface area contributed by atoms with Crippen molar-refractivity contribution >= 4 is 22.6 Å². The molecule has 0 atom stereocenters. The Morgan fingerprint density at radius 1 is 1.18 bits per heavy atom. The second kappa shape index (κ2) is 5.81. The minimum Gasteiger partial charge on any atom is -0.494 e. The van der Waals surface area contributed by atoms with Crippen LogP contribution in [0.15, 0.2) is 36.7 Å². The molecule has 0 amide bonds. The molecule has 0 aliphatic heterocycles. The van der Waals surface area contributed by atoms with Crippen LogP contribution in [0.25, 0.3) is 0 Å². The van der Waals surface area contributed by atoms with Gasteiger partial charge in [-0.3, -0.25) is 0 Å². The van der Waals surface area contributed by atoms with Crippen LogP contribution in [0, 0.1) is 3.57 Å². The molecule has 17 heavy (non-hydrogen) atoms. The summed E-state index contributed by atoms with van der Waals surface area (Å²) in [7, 11) is 0. The molecule has 5 heteroatoms. The maximum absolute atomic E-state index is 5.51. The lowest BCUT2D eigenvalue weighted by molar-refractivity contribution is 0.337. The zero-order valence-electron chi connectivity index (χ0n) is 9.26. The molecule has 0 aliphatic carbocycles. The molecule has 2 aromatic rings. The first-order valence-electron chi connectivity index (χ1n) is 5.16. The number of ether oxygens (including phenoxy) is 2. The number of hydrogen-bond donors (Lipinski definition) is 0. The molecule has 1 heterocycles. The summed E-state index contributed by atoms with van der Waals surface area (Å²) in [6.45, 7) is 2.57. The molecule has 0 spiro atoms. The lowest BCUT2D eigenvalue weighted by atomic mass is 10.3. The Labute approximate surface area is 113 Å². The Kier molecular flexibility index (Phi) is 4.13. The molecule has 0 unspecified atom stereocenters. The average Bonchev–Trinajstić information content (AvgIpc) is 2.33. The number of rotatable bonds is 4. The van der Waals surface area contributed by atoms with Gasteiger partial charge in [-0.25, -0.2) is 9.97 Å². The highest BCUT2D eigenvalue weighted by Gasteiger charge is 2.01. The summed E-state index contributed by atoms with van der Waals surface area (Å²) in [4.78, 5) is 8.14. The Hall–Kier alpha value is -1.37. The van der Waals surface area contributed by atoms with Crippen LogP contribution in [0.3, 0.4) is 0 Å². The van der Waals surface area contributed by atoms with E-state index in [0.29, 0.717) is 18.4 Å². The first-order valence-corrected chi connectivity index (χ1v) is 6.24. The van der Waals surface area contributed by atoms with Crippen molar-refractivity contribution in [3.63, 3.8) is 0 Å². The van der Waals surface area contributed by atoms with Gasteiger partial charge in [0.1, 0.15) is 11.5 Å². The molecule has 4 nitrogen and oxygen atoms in total. The molecule has 0 N–H and O–H groups in total. The molecule has 0 aliphatic rings. The highest BCUT2D eigenvalue weighted by atomic mass is 127. The van der Waals surface area contributed by atoms with Gasteiger partial charge in [0.2, 0.25) is 0 Å². The van der Waals surface area contributed by atoms with E-state index in [2.05, 4.69) is 32.6 Å². The zero-order valence-corrected chi connectivity index (χ0v) is 11.4. The minimum absolute atomic E-state index is 0.332. The van der Waals surface area contributed by atoms with Gasteiger partial charge < -0.3 is 9.47 Å². The normalized spacial score (nSPS) is 10.0. The number of benzene rings is 1. The lowest BCUT2D eigenvalue weighted by Crippen LogP contribution is -1.94. The number of hydrogen-bond acceptors (Lipinski definition) is 4. The van der Waals surface area contributed by atoms with Crippen molar-refractivity contribution in [2.24, 2.45) is 0 Å². The van der Waals surface area contributed by atoms with Crippen LogP contribution < -0.4 is 9.47 Å². The Morgan fingerprint density at radius 3 is 2.59 bits per heavy atom. The van der Waals surface area contributed by atoms with E-state index in [0.717, 1.165) is 9.32 Å². The van der Waals surface area contributed by atoms with Gasteiger partial charge >= 0.3 is 6.01 Å². The van der Waals surface area contributed by atoms with Gasteiger partial charge in [-0.2, -0.15) is 0 Å². The summed E-state index contributed by atoms with van der Waals surface area (Å²) in [5.41, 5.74) is 0. The highest BCUT2D eigenvalue weighted by Crippen LogP contribution is 2.22. The summed E-state index contributed by atoms with van der Waals surface area (Å²) < 4.78 is 11.9. The standard InChI is InChI=1S/C12H11IN2O2/c1-2-16-10-4-3-5-11(6-10)17-12-14-7-9(13)8-15-12/h3-8H,2H2,1H3. The van der Waals surface area contributed by atoms with Crippen LogP contribution in [0.1, 0.15) is 6.92 Å². The summed E-state index contributed by atoms with van der Waals surface area (Å²) in [5.74, 6) is 1.44. The molecular weight excluding hydrogens is 331 g/mol. The fourth-order valence-corrected chi connectivity index (χ4v) is 1.53. The summed E-state index contributed by atoms with van der Waals surface area (Å²) >= 11 is 2.14. The summed E-state index contributed by atoms with van der Waals surface area (Å²) in [5, 5.41) is 0. The van der Waals surface area contributed by atoms with E-state index in [1.54, 1.807) is 12.4 Å². The van der Waals surface area contributed by atoms with E-state index >= 15 is 0 Å². The van der Waals surface area contributed by atoms with Crippen LogP contribution in [0.2, 0.25) is 0 Å². The quantitative estimate of drug-likeness (QED) is 0.800. The largest absolute Gasteiger partial charge is 0.494 e. The highest BCUT2D eigenvalue weighted by molar-refractivity contribution is 14.1. The van der Waals surface area contributed by atoms with E-state index in [1.165, 1.54) is 0 Å². The van der Waals surface area contributed by atoms with E-state index in [1.807, 2.05) is 31.2 Å². The van der Waals surface area contributed by atoms with Crippen LogP contribution in [-0.4, -0.2) is 16.6 Å². The fraction of sp³-hybridized carbons (Fsp3) is 0.167. The minimum atomic E-state index is 0.332. The van der Waals surface area contributed by atoms with Crippen LogP contribution in [0.5, 0.6) is 17.5 Å². The van der Waals surface area contributed by atoms with E-state index in [9.17, 15) is 0 Å². The average molecular weight is 342 g/mol. The molecule has 0 saturated heterocycles. The van der Waals surface area contributed by atoms with Gasteiger partial charge in [-0.15, -0.1) is 0 Å². The third-order valence-electron chi connectivity index (χ3n) is 1.92. The second-order valence-corrected chi connectivity index (χ2v) is 4.44. The summed E-state index contributed by atoms with van der Waals surface area (Å²) in [6, 6.07) is 7.73. The Morgan fingerprint density at radius 2 is 1.88 bits per heavy atom. The van der Waals surface area contributed by atoms with Crippen molar-refractivity contribution in [1.82, 2.24) is 9.97 Å². The first-order chi connectivity index (χ1) is 8.28. The van der Waals surface area contributed by atoms with Gasteiger partial charge in [0.25, 0.3) is 0 Å². The van der Waals surface area contributed by atoms with E-state index in [4.69, 9.17) is 9.47 Å². The maximum atomic E-state index is 5.51.